The molecule has 2 rings (SSSR count). The molecule has 104 valence electrons. The molecule has 0 bridgehead atoms. The lowest BCUT2D eigenvalue weighted by Crippen LogP contribution is -1.96. The summed E-state index contributed by atoms with van der Waals surface area (Å²) in [6, 6.07) is 9.41. The lowest BCUT2D eigenvalue weighted by atomic mass is 10.0. The highest BCUT2D eigenvalue weighted by Gasteiger charge is 2.22. The second kappa shape index (κ2) is 6.35. The Hall–Kier alpha value is -2.42. The first-order valence-electron chi connectivity index (χ1n) is 5.69. The van der Waals surface area contributed by atoms with Crippen LogP contribution in [-0.2, 0) is 0 Å². The molecule has 0 N–H and O–H groups in total. The van der Waals surface area contributed by atoms with Gasteiger partial charge in [-0.25, -0.2) is 0 Å². The number of allylic oxidation sites excluding steroid dienone is 1. The first kappa shape index (κ1) is 15.0. The molecule has 5 nitrogen and oxygen atoms in total. The Morgan fingerprint density at radius 3 is 2.67 bits per heavy atom. The van der Waals surface area contributed by atoms with E-state index in [0.29, 0.717) is 5.56 Å². The molecule has 0 atom stereocenters. The molecule has 1 heterocycles. The fraction of sp³-hybridized carbons (Fsp3) is 0. The van der Waals surface area contributed by atoms with Gasteiger partial charge in [0.25, 0.3) is 5.69 Å². The van der Waals surface area contributed by atoms with Crippen molar-refractivity contribution in [3.05, 3.63) is 69.0 Å². The standard InChI is InChI=1S/C14H7Cl2N3O2/c15-11-4-1-5-12(19(20)21)13(11)14(16)10(7-17)9-3-2-6-18-8-9/h1-6,8H/b14-10+. The van der Waals surface area contributed by atoms with Gasteiger partial charge >= 0.3 is 0 Å². The van der Waals surface area contributed by atoms with Crippen molar-refractivity contribution in [2.75, 3.05) is 0 Å². The highest BCUT2D eigenvalue weighted by Crippen LogP contribution is 2.38. The normalized spacial score (nSPS) is 11.5. The van der Waals surface area contributed by atoms with E-state index in [9.17, 15) is 15.4 Å². The van der Waals surface area contributed by atoms with E-state index in [1.807, 2.05) is 6.07 Å². The maximum Gasteiger partial charge on any atom is 0.279 e. The number of nitro groups is 1. The number of halogens is 2. The third-order valence-electron chi connectivity index (χ3n) is 2.69. The fourth-order valence-corrected chi connectivity index (χ4v) is 2.42. The highest BCUT2D eigenvalue weighted by molar-refractivity contribution is 6.55. The number of hydrogen-bond acceptors (Lipinski definition) is 4. The first-order valence-corrected chi connectivity index (χ1v) is 6.45. The van der Waals surface area contributed by atoms with Crippen molar-refractivity contribution in [1.82, 2.24) is 4.98 Å². The quantitative estimate of drug-likeness (QED) is 0.480. The maximum atomic E-state index is 11.1. The van der Waals surface area contributed by atoms with Crippen LogP contribution in [0.1, 0.15) is 11.1 Å². The summed E-state index contributed by atoms with van der Waals surface area (Å²) in [5.41, 5.74) is 0.288. The van der Waals surface area contributed by atoms with Crippen LogP contribution in [-0.4, -0.2) is 9.91 Å². The minimum Gasteiger partial charge on any atom is -0.264 e. The lowest BCUT2D eigenvalue weighted by Gasteiger charge is -2.07. The third-order valence-corrected chi connectivity index (χ3v) is 3.38. The Labute approximate surface area is 130 Å². The Morgan fingerprint density at radius 1 is 1.33 bits per heavy atom. The van der Waals surface area contributed by atoms with E-state index in [1.54, 1.807) is 18.3 Å². The number of benzene rings is 1. The summed E-state index contributed by atoms with van der Waals surface area (Å²) in [6.07, 6.45) is 2.99. The van der Waals surface area contributed by atoms with Gasteiger partial charge in [0.05, 0.1) is 26.1 Å². The van der Waals surface area contributed by atoms with Crippen LogP contribution in [0.25, 0.3) is 10.6 Å². The van der Waals surface area contributed by atoms with Gasteiger partial charge in [-0.3, -0.25) is 15.1 Å². The molecule has 0 unspecified atom stereocenters. The molecular formula is C14H7Cl2N3O2. The molecule has 0 aliphatic heterocycles. The van der Waals surface area contributed by atoms with E-state index in [4.69, 9.17) is 23.2 Å². The van der Waals surface area contributed by atoms with Crippen LogP contribution >= 0.6 is 23.2 Å². The SMILES string of the molecule is N#C/C(=C(\Cl)c1c(Cl)cccc1[N+](=O)[O-])c1cccnc1. The van der Waals surface area contributed by atoms with Crippen LogP contribution < -0.4 is 0 Å². The Balaban J connectivity index is 2.74. The van der Waals surface area contributed by atoms with E-state index in [1.165, 1.54) is 24.4 Å². The van der Waals surface area contributed by atoms with Gasteiger partial charge in [-0.2, -0.15) is 5.26 Å². The predicted molar refractivity (Wildman–Crippen MR) is 80.6 cm³/mol. The number of nitro benzene ring substituents is 1. The van der Waals surface area contributed by atoms with Crippen LogP contribution in [0.3, 0.4) is 0 Å². The van der Waals surface area contributed by atoms with Crippen LogP contribution in [0.2, 0.25) is 5.02 Å². The fourth-order valence-electron chi connectivity index (χ4n) is 1.76. The van der Waals surface area contributed by atoms with Gasteiger partial charge in [0, 0.05) is 24.0 Å². The monoisotopic (exact) mass is 319 g/mol. The molecule has 0 saturated carbocycles. The van der Waals surface area contributed by atoms with E-state index < -0.39 is 4.92 Å². The van der Waals surface area contributed by atoms with Crippen molar-refractivity contribution in [2.45, 2.75) is 0 Å². The van der Waals surface area contributed by atoms with Gasteiger partial charge in [-0.1, -0.05) is 35.3 Å². The van der Waals surface area contributed by atoms with E-state index in [2.05, 4.69) is 4.98 Å². The number of pyridine rings is 1. The van der Waals surface area contributed by atoms with Crippen LogP contribution in [0.15, 0.2) is 42.7 Å². The molecule has 0 aliphatic rings. The number of nitrogens with zero attached hydrogens (tertiary/aromatic N) is 3. The summed E-state index contributed by atoms with van der Waals surface area (Å²) in [5, 5.41) is 20.4. The molecular weight excluding hydrogens is 313 g/mol. The molecule has 1 aromatic heterocycles. The molecule has 0 amide bonds. The zero-order valence-corrected chi connectivity index (χ0v) is 12.0. The number of rotatable bonds is 3. The zero-order valence-electron chi connectivity index (χ0n) is 10.5. The lowest BCUT2D eigenvalue weighted by molar-refractivity contribution is -0.385. The Morgan fingerprint density at radius 2 is 2.10 bits per heavy atom. The third kappa shape index (κ3) is 3.02. The van der Waals surface area contributed by atoms with Crippen LogP contribution in [0.5, 0.6) is 0 Å². The van der Waals surface area contributed by atoms with Crippen molar-refractivity contribution in [2.24, 2.45) is 0 Å². The number of aromatic nitrogens is 1. The van der Waals surface area contributed by atoms with Crippen LogP contribution in [0.4, 0.5) is 5.69 Å². The molecule has 0 radical (unpaired) electrons. The molecule has 7 heteroatoms. The van der Waals surface area contributed by atoms with Gasteiger partial charge in [0.1, 0.15) is 6.07 Å². The van der Waals surface area contributed by atoms with Gasteiger partial charge in [0.2, 0.25) is 0 Å². The summed E-state index contributed by atoms with van der Waals surface area (Å²) >= 11 is 12.2. The minimum atomic E-state index is -0.595. The molecule has 1 aromatic carbocycles. The highest BCUT2D eigenvalue weighted by atomic mass is 35.5. The second-order valence-electron chi connectivity index (χ2n) is 3.93. The summed E-state index contributed by atoms with van der Waals surface area (Å²) in [4.78, 5) is 14.4. The van der Waals surface area contributed by atoms with Crippen molar-refractivity contribution in [1.29, 1.82) is 5.26 Å². The van der Waals surface area contributed by atoms with Gasteiger partial charge in [0.15, 0.2) is 0 Å². The van der Waals surface area contributed by atoms with Crippen molar-refractivity contribution in [3.63, 3.8) is 0 Å². The van der Waals surface area contributed by atoms with E-state index in [0.717, 1.165) is 0 Å². The number of hydrogen-bond donors (Lipinski definition) is 0. The molecule has 0 saturated heterocycles. The molecule has 2 aromatic rings. The zero-order chi connectivity index (χ0) is 15.4. The topological polar surface area (TPSA) is 79.8 Å². The summed E-state index contributed by atoms with van der Waals surface area (Å²) < 4.78 is 0. The largest absolute Gasteiger partial charge is 0.279 e. The van der Waals surface area contributed by atoms with Crippen molar-refractivity contribution >= 4 is 39.5 Å². The Kier molecular flexibility index (Phi) is 4.53. The predicted octanol–water partition coefficient (Wildman–Crippen LogP) is 4.27. The molecule has 21 heavy (non-hydrogen) atoms. The molecule has 0 spiro atoms. The van der Waals surface area contributed by atoms with Crippen molar-refractivity contribution < 1.29 is 4.92 Å². The summed E-state index contributed by atoms with van der Waals surface area (Å²) in [7, 11) is 0. The van der Waals surface area contributed by atoms with Gasteiger partial charge in [-0.05, 0) is 12.1 Å². The molecule has 0 aliphatic carbocycles. The second-order valence-corrected chi connectivity index (χ2v) is 4.72. The maximum absolute atomic E-state index is 11.1. The Bertz CT molecular complexity index is 768. The first-order chi connectivity index (χ1) is 10.1. The minimum absolute atomic E-state index is 0.0197. The smallest absolute Gasteiger partial charge is 0.264 e. The van der Waals surface area contributed by atoms with Crippen molar-refractivity contribution in [3.8, 4) is 6.07 Å². The number of nitriles is 1. The molecule has 0 fully saturated rings. The average molecular weight is 320 g/mol. The van der Waals surface area contributed by atoms with Gasteiger partial charge < -0.3 is 0 Å². The average Bonchev–Trinajstić information content (AvgIpc) is 2.48. The van der Waals surface area contributed by atoms with E-state index >= 15 is 0 Å². The summed E-state index contributed by atoms with van der Waals surface area (Å²) in [6.45, 7) is 0. The van der Waals surface area contributed by atoms with E-state index in [-0.39, 0.29) is 26.9 Å². The van der Waals surface area contributed by atoms with Crippen LogP contribution in [0, 0.1) is 21.4 Å². The summed E-state index contributed by atoms with van der Waals surface area (Å²) in [5.74, 6) is 0. The van der Waals surface area contributed by atoms with Gasteiger partial charge in [-0.15, -0.1) is 0 Å².